The molecule has 0 spiro atoms. The number of guanidine groups is 1. The molecule has 0 aromatic carbocycles. The predicted molar refractivity (Wildman–Crippen MR) is 107 cm³/mol. The summed E-state index contributed by atoms with van der Waals surface area (Å²) in [5, 5.41) is 15.7. The van der Waals surface area contributed by atoms with Gasteiger partial charge in [0.15, 0.2) is 5.96 Å². The largest absolute Gasteiger partial charge is 0.357 e. The van der Waals surface area contributed by atoms with E-state index < -0.39 is 0 Å². The maximum Gasteiger partial charge on any atom is 0.191 e. The summed E-state index contributed by atoms with van der Waals surface area (Å²) in [5.41, 5.74) is 5.94. The van der Waals surface area contributed by atoms with Gasteiger partial charge in [0.2, 0.25) is 0 Å². The van der Waals surface area contributed by atoms with Crippen LogP contribution in [0.1, 0.15) is 41.7 Å². The minimum Gasteiger partial charge on any atom is -0.357 e. The van der Waals surface area contributed by atoms with E-state index >= 15 is 0 Å². The zero-order valence-corrected chi connectivity index (χ0v) is 17.1. The molecule has 0 bridgehead atoms. The number of nitrogens with one attached hydrogen (secondary N) is 2. The van der Waals surface area contributed by atoms with E-state index in [0.717, 1.165) is 56.4 Å². The summed E-state index contributed by atoms with van der Waals surface area (Å²) in [6.07, 6.45) is 1.92. The third kappa shape index (κ3) is 5.34. The third-order valence-electron chi connectivity index (χ3n) is 4.57. The third-order valence-corrected chi connectivity index (χ3v) is 4.57. The van der Waals surface area contributed by atoms with Crippen LogP contribution in [-0.2, 0) is 20.0 Å². The van der Waals surface area contributed by atoms with Crippen molar-refractivity contribution in [3.8, 4) is 0 Å². The molecule has 0 aliphatic rings. The molecule has 0 saturated carbocycles. The van der Waals surface area contributed by atoms with Crippen LogP contribution in [0.3, 0.4) is 0 Å². The summed E-state index contributed by atoms with van der Waals surface area (Å²) in [7, 11) is 1.99. The smallest absolute Gasteiger partial charge is 0.191 e. The summed E-state index contributed by atoms with van der Waals surface area (Å²) < 4.78 is 4.00. The molecule has 7 nitrogen and oxygen atoms in total. The molecule has 0 atom stereocenters. The van der Waals surface area contributed by atoms with Crippen molar-refractivity contribution in [3.63, 3.8) is 0 Å². The number of nitrogens with zero attached hydrogens (tertiary/aromatic N) is 5. The second-order valence-electron chi connectivity index (χ2n) is 6.71. The highest BCUT2D eigenvalue weighted by molar-refractivity contribution is 5.79. The lowest BCUT2D eigenvalue weighted by atomic mass is 10.1. The molecule has 0 radical (unpaired) electrons. The van der Waals surface area contributed by atoms with E-state index in [2.05, 4.69) is 64.3 Å². The normalized spacial score (nSPS) is 11.8. The van der Waals surface area contributed by atoms with Crippen molar-refractivity contribution in [2.24, 2.45) is 12.0 Å². The van der Waals surface area contributed by atoms with Crippen LogP contribution in [0.4, 0.5) is 0 Å². The Hall–Kier alpha value is -2.31. The second-order valence-corrected chi connectivity index (χ2v) is 6.71. The van der Waals surface area contributed by atoms with Crippen molar-refractivity contribution in [2.75, 3.05) is 19.6 Å². The van der Waals surface area contributed by atoms with Crippen molar-refractivity contribution in [1.29, 1.82) is 0 Å². The van der Waals surface area contributed by atoms with Gasteiger partial charge in [-0.15, -0.1) is 0 Å². The van der Waals surface area contributed by atoms with E-state index in [1.807, 2.05) is 18.7 Å². The fourth-order valence-corrected chi connectivity index (χ4v) is 3.14. The van der Waals surface area contributed by atoms with E-state index in [4.69, 9.17) is 0 Å². The first-order chi connectivity index (χ1) is 12.4. The quantitative estimate of drug-likeness (QED) is 0.430. The van der Waals surface area contributed by atoms with Gasteiger partial charge in [0.1, 0.15) is 0 Å². The molecule has 0 fully saturated rings. The van der Waals surface area contributed by atoms with Gasteiger partial charge in [-0.2, -0.15) is 10.2 Å². The van der Waals surface area contributed by atoms with E-state index in [1.165, 1.54) is 17.0 Å². The summed E-state index contributed by atoms with van der Waals surface area (Å²) in [5.74, 6) is 0.875. The standard InChI is InChI=1S/C19H33N7/c1-7-20-19(21-10-8-12-26-15(3)13-14(2)23-26)22-11-9-18-16(4)24-25(6)17(18)5/h13H,7-12H2,1-6H3,(H2,20,21,22). The Morgan fingerprint density at radius 2 is 1.92 bits per heavy atom. The van der Waals surface area contributed by atoms with Gasteiger partial charge < -0.3 is 10.6 Å². The summed E-state index contributed by atoms with van der Waals surface area (Å²) >= 11 is 0. The Morgan fingerprint density at radius 3 is 2.50 bits per heavy atom. The average molecular weight is 360 g/mol. The molecule has 0 unspecified atom stereocenters. The topological polar surface area (TPSA) is 72.1 Å². The minimum absolute atomic E-state index is 0.776. The van der Waals surface area contributed by atoms with Crippen LogP contribution in [0.15, 0.2) is 11.1 Å². The number of aromatic nitrogens is 4. The van der Waals surface area contributed by atoms with E-state index in [1.54, 1.807) is 0 Å². The van der Waals surface area contributed by atoms with Gasteiger partial charge in [-0.1, -0.05) is 0 Å². The fourth-order valence-electron chi connectivity index (χ4n) is 3.14. The van der Waals surface area contributed by atoms with Crippen LogP contribution in [0.2, 0.25) is 0 Å². The molecule has 2 N–H and O–H groups in total. The molecule has 2 aromatic heterocycles. The first-order valence-electron chi connectivity index (χ1n) is 9.44. The van der Waals surface area contributed by atoms with Gasteiger partial charge in [0.25, 0.3) is 0 Å². The second kappa shape index (κ2) is 9.40. The Kier molecular flexibility index (Phi) is 7.24. The lowest BCUT2D eigenvalue weighted by Gasteiger charge is -2.11. The average Bonchev–Trinajstić information content (AvgIpc) is 3.03. The molecule has 0 aliphatic heterocycles. The molecule has 0 amide bonds. The van der Waals surface area contributed by atoms with Gasteiger partial charge >= 0.3 is 0 Å². The number of aliphatic imine (C=N–C) groups is 1. The summed E-state index contributed by atoms with van der Waals surface area (Å²) in [6.45, 7) is 13.8. The molecular formula is C19H33N7. The van der Waals surface area contributed by atoms with Crippen LogP contribution in [-0.4, -0.2) is 45.2 Å². The molecule has 0 saturated heterocycles. The first-order valence-corrected chi connectivity index (χ1v) is 9.44. The Bertz CT molecular complexity index is 739. The van der Waals surface area contributed by atoms with Crippen molar-refractivity contribution in [2.45, 2.75) is 54.0 Å². The van der Waals surface area contributed by atoms with Crippen LogP contribution in [0.25, 0.3) is 0 Å². The number of rotatable bonds is 8. The fraction of sp³-hybridized carbons (Fsp3) is 0.632. The zero-order chi connectivity index (χ0) is 19.1. The molecule has 0 aliphatic carbocycles. The molecule has 2 heterocycles. The highest BCUT2D eigenvalue weighted by Crippen LogP contribution is 2.11. The molecule has 26 heavy (non-hydrogen) atoms. The molecule has 2 aromatic rings. The summed E-state index contributed by atoms with van der Waals surface area (Å²) in [4.78, 5) is 4.68. The molecule has 144 valence electrons. The van der Waals surface area contributed by atoms with Crippen molar-refractivity contribution >= 4 is 5.96 Å². The van der Waals surface area contributed by atoms with Crippen molar-refractivity contribution < 1.29 is 0 Å². The monoisotopic (exact) mass is 359 g/mol. The lowest BCUT2D eigenvalue weighted by molar-refractivity contribution is 0.567. The Morgan fingerprint density at radius 1 is 1.15 bits per heavy atom. The lowest BCUT2D eigenvalue weighted by Crippen LogP contribution is -2.38. The van der Waals surface area contributed by atoms with Gasteiger partial charge in [0, 0.05) is 44.6 Å². The van der Waals surface area contributed by atoms with E-state index in [9.17, 15) is 0 Å². The van der Waals surface area contributed by atoms with Crippen LogP contribution in [0.5, 0.6) is 0 Å². The predicted octanol–water partition coefficient (Wildman–Crippen LogP) is 2.04. The van der Waals surface area contributed by atoms with Crippen LogP contribution < -0.4 is 10.6 Å². The van der Waals surface area contributed by atoms with Crippen LogP contribution >= 0.6 is 0 Å². The first kappa shape index (κ1) is 20.0. The van der Waals surface area contributed by atoms with Gasteiger partial charge in [-0.3, -0.25) is 14.4 Å². The van der Waals surface area contributed by atoms with Gasteiger partial charge in [-0.05, 0) is 59.1 Å². The minimum atomic E-state index is 0.776. The molecule has 7 heteroatoms. The summed E-state index contributed by atoms with van der Waals surface area (Å²) in [6, 6.07) is 2.11. The van der Waals surface area contributed by atoms with Crippen molar-refractivity contribution in [1.82, 2.24) is 30.2 Å². The zero-order valence-electron chi connectivity index (χ0n) is 17.1. The molecular weight excluding hydrogens is 326 g/mol. The Labute approximate surface area is 156 Å². The SMILES string of the molecule is CCNC(=NCCCn1nc(C)cc1C)NCCc1c(C)nn(C)c1C. The van der Waals surface area contributed by atoms with Gasteiger partial charge in [-0.25, -0.2) is 0 Å². The molecule has 2 rings (SSSR count). The Balaban J connectivity index is 1.81. The highest BCUT2D eigenvalue weighted by Gasteiger charge is 2.09. The van der Waals surface area contributed by atoms with Crippen LogP contribution in [0, 0.1) is 27.7 Å². The number of hydrogen-bond donors (Lipinski definition) is 2. The maximum absolute atomic E-state index is 4.68. The van der Waals surface area contributed by atoms with Crippen molar-refractivity contribution in [3.05, 3.63) is 34.4 Å². The van der Waals surface area contributed by atoms with Gasteiger partial charge in [0.05, 0.1) is 11.4 Å². The number of hydrogen-bond acceptors (Lipinski definition) is 3. The van der Waals surface area contributed by atoms with E-state index in [-0.39, 0.29) is 0 Å². The highest BCUT2D eigenvalue weighted by atomic mass is 15.3. The number of aryl methyl sites for hydroxylation is 5. The van der Waals surface area contributed by atoms with E-state index in [0.29, 0.717) is 0 Å². The maximum atomic E-state index is 4.68.